The van der Waals surface area contributed by atoms with Gasteiger partial charge in [0, 0.05) is 30.7 Å². The maximum Gasteiger partial charge on any atom is 0.257 e. The minimum absolute atomic E-state index is 0.125. The fraction of sp³-hybridized carbons (Fsp3) is 0.133. The molecule has 0 aliphatic rings. The average molecular weight is 269 g/mol. The van der Waals surface area contributed by atoms with Crippen molar-refractivity contribution in [2.24, 2.45) is 0 Å². The highest BCUT2D eigenvalue weighted by molar-refractivity contribution is 6.04. The van der Waals surface area contributed by atoms with Crippen molar-refractivity contribution in [2.45, 2.75) is 13.8 Å². The summed E-state index contributed by atoms with van der Waals surface area (Å²) in [4.78, 5) is 26.9. The first-order valence-corrected chi connectivity index (χ1v) is 6.16. The second kappa shape index (κ2) is 5.97. The highest BCUT2D eigenvalue weighted by Crippen LogP contribution is 2.20. The summed E-state index contributed by atoms with van der Waals surface area (Å²) < 4.78 is 0. The Morgan fingerprint density at radius 1 is 1.15 bits per heavy atom. The van der Waals surface area contributed by atoms with E-state index in [-0.39, 0.29) is 11.8 Å². The molecule has 0 saturated heterocycles. The van der Waals surface area contributed by atoms with E-state index in [1.54, 1.807) is 36.5 Å². The first-order chi connectivity index (χ1) is 9.56. The van der Waals surface area contributed by atoms with E-state index in [9.17, 15) is 9.59 Å². The smallest absolute Gasteiger partial charge is 0.257 e. The molecule has 1 aromatic carbocycles. The Balaban J connectivity index is 2.13. The molecule has 2 N–H and O–H groups in total. The largest absolute Gasteiger partial charge is 0.326 e. The zero-order valence-electron chi connectivity index (χ0n) is 11.3. The summed E-state index contributed by atoms with van der Waals surface area (Å²) in [5.74, 6) is -0.343. The molecule has 2 rings (SSSR count). The molecule has 0 aliphatic carbocycles. The number of aryl methyl sites for hydroxylation is 1. The molecule has 0 unspecified atom stereocenters. The minimum atomic E-state index is -0.218. The predicted octanol–water partition coefficient (Wildman–Crippen LogP) is 2.60. The van der Waals surface area contributed by atoms with Crippen molar-refractivity contribution < 1.29 is 9.59 Å². The number of pyridine rings is 1. The Hall–Kier alpha value is -2.69. The molecule has 0 spiro atoms. The topological polar surface area (TPSA) is 71.1 Å². The monoisotopic (exact) mass is 269 g/mol. The number of nitrogens with zero attached hydrogens (tertiary/aromatic N) is 1. The summed E-state index contributed by atoms with van der Waals surface area (Å²) in [6.45, 7) is 3.32. The van der Waals surface area contributed by atoms with Gasteiger partial charge in [-0.2, -0.15) is 0 Å². The highest BCUT2D eigenvalue weighted by atomic mass is 16.2. The number of carbonyl (C=O) groups excluding carboxylic acids is 2. The van der Waals surface area contributed by atoms with E-state index in [2.05, 4.69) is 15.6 Å². The number of aromatic nitrogens is 1. The molecule has 5 nitrogen and oxygen atoms in total. The third-order valence-electron chi connectivity index (χ3n) is 2.72. The third kappa shape index (κ3) is 3.41. The summed E-state index contributed by atoms with van der Waals surface area (Å²) in [6.07, 6.45) is 3.12. The summed E-state index contributed by atoms with van der Waals surface area (Å²) in [5, 5.41) is 5.51. The Morgan fingerprint density at radius 3 is 2.55 bits per heavy atom. The number of carbonyl (C=O) groups is 2. The normalized spacial score (nSPS) is 9.90. The molecule has 1 aromatic heterocycles. The fourth-order valence-electron chi connectivity index (χ4n) is 1.77. The SMILES string of the molecule is CC(=O)Nc1ccc(NC(=O)c2cccnc2)cc1C. The van der Waals surface area contributed by atoms with Gasteiger partial charge in [-0.25, -0.2) is 0 Å². The number of amides is 2. The van der Waals surface area contributed by atoms with Crippen LogP contribution in [0.5, 0.6) is 0 Å². The van der Waals surface area contributed by atoms with E-state index >= 15 is 0 Å². The Labute approximate surface area is 117 Å². The predicted molar refractivity (Wildman–Crippen MR) is 77.7 cm³/mol. The fourth-order valence-corrected chi connectivity index (χ4v) is 1.77. The van der Waals surface area contributed by atoms with Crippen LogP contribution in [0.1, 0.15) is 22.8 Å². The first kappa shape index (κ1) is 13.7. The van der Waals surface area contributed by atoms with Gasteiger partial charge in [0.2, 0.25) is 5.91 Å². The van der Waals surface area contributed by atoms with Crippen molar-refractivity contribution in [3.05, 3.63) is 53.9 Å². The van der Waals surface area contributed by atoms with Crippen LogP contribution < -0.4 is 10.6 Å². The van der Waals surface area contributed by atoms with Gasteiger partial charge in [0.25, 0.3) is 5.91 Å². The summed E-state index contributed by atoms with van der Waals surface area (Å²) >= 11 is 0. The molecule has 0 radical (unpaired) electrons. The molecule has 0 bridgehead atoms. The number of rotatable bonds is 3. The van der Waals surface area contributed by atoms with Gasteiger partial charge in [-0.1, -0.05) is 0 Å². The number of hydrogen-bond acceptors (Lipinski definition) is 3. The van der Waals surface area contributed by atoms with Crippen LogP contribution >= 0.6 is 0 Å². The zero-order valence-corrected chi connectivity index (χ0v) is 11.3. The summed E-state index contributed by atoms with van der Waals surface area (Å²) in [5.41, 5.74) is 2.78. The van der Waals surface area contributed by atoms with E-state index in [1.165, 1.54) is 13.1 Å². The molecule has 102 valence electrons. The van der Waals surface area contributed by atoms with Crippen molar-refractivity contribution in [1.29, 1.82) is 0 Å². The molecular weight excluding hydrogens is 254 g/mol. The van der Waals surface area contributed by atoms with E-state index in [0.717, 1.165) is 11.3 Å². The molecule has 2 aromatic rings. The highest BCUT2D eigenvalue weighted by Gasteiger charge is 2.07. The van der Waals surface area contributed by atoms with Crippen LogP contribution in [0.4, 0.5) is 11.4 Å². The molecule has 20 heavy (non-hydrogen) atoms. The summed E-state index contributed by atoms with van der Waals surface area (Å²) in [6, 6.07) is 8.71. The lowest BCUT2D eigenvalue weighted by atomic mass is 10.1. The second-order valence-corrected chi connectivity index (χ2v) is 4.41. The first-order valence-electron chi connectivity index (χ1n) is 6.16. The Bertz CT molecular complexity index is 639. The lowest BCUT2D eigenvalue weighted by Gasteiger charge is -2.10. The van der Waals surface area contributed by atoms with Crippen molar-refractivity contribution in [3.63, 3.8) is 0 Å². The van der Waals surface area contributed by atoms with Crippen molar-refractivity contribution in [3.8, 4) is 0 Å². The standard InChI is InChI=1S/C15H15N3O2/c1-10-8-13(5-6-14(10)17-11(2)19)18-15(20)12-4-3-7-16-9-12/h3-9H,1-2H3,(H,17,19)(H,18,20). The van der Waals surface area contributed by atoms with Crippen LogP contribution in [0.15, 0.2) is 42.7 Å². The van der Waals surface area contributed by atoms with Gasteiger partial charge in [0.05, 0.1) is 5.56 Å². The quantitative estimate of drug-likeness (QED) is 0.899. The van der Waals surface area contributed by atoms with Gasteiger partial charge in [-0.05, 0) is 42.8 Å². The van der Waals surface area contributed by atoms with E-state index in [4.69, 9.17) is 0 Å². The van der Waals surface area contributed by atoms with Crippen LogP contribution in [0.25, 0.3) is 0 Å². The van der Waals surface area contributed by atoms with Gasteiger partial charge in [0.15, 0.2) is 0 Å². The molecule has 0 atom stereocenters. The van der Waals surface area contributed by atoms with Crippen LogP contribution in [0.2, 0.25) is 0 Å². The van der Waals surface area contributed by atoms with E-state index in [0.29, 0.717) is 11.3 Å². The lowest BCUT2D eigenvalue weighted by Crippen LogP contribution is -2.12. The van der Waals surface area contributed by atoms with E-state index < -0.39 is 0 Å². The average Bonchev–Trinajstić information content (AvgIpc) is 2.42. The maximum atomic E-state index is 12.0. The zero-order chi connectivity index (χ0) is 14.5. The minimum Gasteiger partial charge on any atom is -0.326 e. The molecule has 5 heteroatoms. The van der Waals surface area contributed by atoms with Gasteiger partial charge in [0.1, 0.15) is 0 Å². The van der Waals surface area contributed by atoms with E-state index in [1.807, 2.05) is 6.92 Å². The number of hydrogen-bond donors (Lipinski definition) is 2. The van der Waals surface area contributed by atoms with Gasteiger partial charge in [-0.15, -0.1) is 0 Å². The van der Waals surface area contributed by atoms with Crippen LogP contribution in [-0.4, -0.2) is 16.8 Å². The maximum absolute atomic E-state index is 12.0. The Kier molecular flexibility index (Phi) is 4.10. The molecule has 0 fully saturated rings. The third-order valence-corrected chi connectivity index (χ3v) is 2.72. The van der Waals surface area contributed by atoms with Crippen molar-refractivity contribution in [2.75, 3.05) is 10.6 Å². The molecule has 0 saturated carbocycles. The molecule has 0 aliphatic heterocycles. The number of nitrogens with one attached hydrogen (secondary N) is 2. The Morgan fingerprint density at radius 2 is 1.95 bits per heavy atom. The van der Waals surface area contributed by atoms with Gasteiger partial charge in [-0.3, -0.25) is 14.6 Å². The lowest BCUT2D eigenvalue weighted by molar-refractivity contribution is -0.114. The molecule has 2 amide bonds. The molecular formula is C15H15N3O2. The van der Waals surface area contributed by atoms with Crippen LogP contribution in [0.3, 0.4) is 0 Å². The van der Waals surface area contributed by atoms with Crippen molar-refractivity contribution >= 4 is 23.2 Å². The second-order valence-electron chi connectivity index (χ2n) is 4.41. The van der Waals surface area contributed by atoms with Gasteiger partial charge < -0.3 is 10.6 Å². The molecule has 1 heterocycles. The van der Waals surface area contributed by atoms with Crippen LogP contribution in [0, 0.1) is 6.92 Å². The van der Waals surface area contributed by atoms with Crippen LogP contribution in [-0.2, 0) is 4.79 Å². The summed E-state index contributed by atoms with van der Waals surface area (Å²) in [7, 11) is 0. The van der Waals surface area contributed by atoms with Crippen molar-refractivity contribution in [1.82, 2.24) is 4.98 Å². The number of benzene rings is 1. The number of anilines is 2. The van der Waals surface area contributed by atoms with Gasteiger partial charge >= 0.3 is 0 Å².